The molecule has 2 nitrogen and oxygen atoms in total. The Labute approximate surface area is 221 Å². The number of pyridine rings is 1. The van der Waals surface area contributed by atoms with Crippen molar-refractivity contribution in [2.45, 2.75) is 18.8 Å². The van der Waals surface area contributed by atoms with E-state index in [1.807, 2.05) is 0 Å². The Morgan fingerprint density at radius 1 is 0.553 bits per heavy atom. The fourth-order valence-electron chi connectivity index (χ4n) is 5.96. The van der Waals surface area contributed by atoms with Gasteiger partial charge in [0.1, 0.15) is 5.69 Å². The zero-order valence-corrected chi connectivity index (χ0v) is 21.0. The second kappa shape index (κ2) is 8.43. The summed E-state index contributed by atoms with van der Waals surface area (Å²) in [7, 11) is 0. The lowest BCUT2D eigenvalue weighted by Gasteiger charge is -2.11. The van der Waals surface area contributed by atoms with E-state index in [9.17, 15) is 0 Å². The molecule has 2 heterocycles. The Bertz CT molecular complexity index is 1970. The van der Waals surface area contributed by atoms with Crippen LogP contribution in [0.5, 0.6) is 0 Å². The summed E-state index contributed by atoms with van der Waals surface area (Å²) < 4.78 is 2.27. The van der Waals surface area contributed by atoms with Gasteiger partial charge in [0.15, 0.2) is 0 Å². The van der Waals surface area contributed by atoms with E-state index < -0.39 is 0 Å². The van der Waals surface area contributed by atoms with Crippen molar-refractivity contribution in [3.63, 3.8) is 0 Å². The Morgan fingerprint density at radius 3 is 2.05 bits per heavy atom. The molecule has 0 radical (unpaired) electrons. The first-order valence-corrected chi connectivity index (χ1v) is 13.4. The Morgan fingerprint density at radius 2 is 1.21 bits per heavy atom. The van der Waals surface area contributed by atoms with Crippen molar-refractivity contribution >= 4 is 27.1 Å². The van der Waals surface area contributed by atoms with Crippen LogP contribution in [0.25, 0.3) is 60.6 Å². The van der Waals surface area contributed by atoms with E-state index in [2.05, 4.69) is 132 Å². The van der Waals surface area contributed by atoms with Gasteiger partial charge in [0.2, 0.25) is 0 Å². The van der Waals surface area contributed by atoms with Crippen molar-refractivity contribution in [2.24, 2.45) is 0 Å². The van der Waals surface area contributed by atoms with Crippen molar-refractivity contribution in [3.05, 3.63) is 133 Å². The average molecular weight is 487 g/mol. The van der Waals surface area contributed by atoms with Gasteiger partial charge in [-0.15, -0.1) is 0 Å². The Kier molecular flexibility index (Phi) is 4.75. The first-order chi connectivity index (χ1) is 18.8. The monoisotopic (exact) mass is 486 g/mol. The molecule has 0 amide bonds. The van der Waals surface area contributed by atoms with E-state index in [-0.39, 0.29) is 0 Å². The molecule has 1 saturated carbocycles. The smallest absolute Gasteiger partial charge is 0.102 e. The van der Waals surface area contributed by atoms with Crippen molar-refractivity contribution in [2.75, 3.05) is 0 Å². The lowest BCUT2D eigenvalue weighted by molar-refractivity contribution is 0.866. The van der Waals surface area contributed by atoms with Crippen LogP contribution in [0, 0.1) is 0 Å². The van der Waals surface area contributed by atoms with E-state index in [1.165, 1.54) is 73.4 Å². The quantitative estimate of drug-likeness (QED) is 0.242. The summed E-state index contributed by atoms with van der Waals surface area (Å²) in [5, 5.41) is 10.4. The van der Waals surface area contributed by atoms with Gasteiger partial charge >= 0.3 is 0 Å². The van der Waals surface area contributed by atoms with Crippen LogP contribution in [0.4, 0.5) is 0 Å². The first kappa shape index (κ1) is 21.4. The van der Waals surface area contributed by atoms with Crippen LogP contribution >= 0.6 is 0 Å². The largest absolute Gasteiger partial charge is 0.236 e. The maximum absolute atomic E-state index is 5.44. The summed E-state index contributed by atoms with van der Waals surface area (Å²) in [5.41, 5.74) is 9.60. The summed E-state index contributed by atoms with van der Waals surface area (Å²) >= 11 is 0. The minimum atomic E-state index is 0.575. The molecule has 0 N–H and O–H groups in total. The van der Waals surface area contributed by atoms with Crippen LogP contribution in [-0.4, -0.2) is 9.61 Å². The molecule has 7 aromatic rings. The van der Waals surface area contributed by atoms with Gasteiger partial charge in [-0.3, -0.25) is 0 Å². The number of benzene rings is 5. The zero-order chi connectivity index (χ0) is 25.1. The second-order valence-corrected chi connectivity index (χ2v) is 10.4. The van der Waals surface area contributed by atoms with E-state index in [4.69, 9.17) is 5.10 Å². The molecule has 0 atom stereocenters. The highest BCUT2D eigenvalue weighted by Gasteiger charge is 2.30. The van der Waals surface area contributed by atoms with Crippen molar-refractivity contribution in [1.82, 2.24) is 9.61 Å². The van der Waals surface area contributed by atoms with E-state index in [0.29, 0.717) is 5.92 Å². The molecule has 0 aliphatic heterocycles. The number of nitrogens with zero attached hydrogens (tertiary/aromatic N) is 2. The number of rotatable bonds is 4. The maximum atomic E-state index is 5.44. The summed E-state index contributed by atoms with van der Waals surface area (Å²) in [4.78, 5) is 0. The number of hydrogen-bond donors (Lipinski definition) is 0. The van der Waals surface area contributed by atoms with Crippen LogP contribution in [0.1, 0.15) is 24.5 Å². The van der Waals surface area contributed by atoms with Crippen LogP contribution in [0.2, 0.25) is 0 Å². The first-order valence-electron chi connectivity index (χ1n) is 13.4. The predicted molar refractivity (Wildman–Crippen MR) is 158 cm³/mol. The Hall–Kier alpha value is -4.69. The molecular formula is C36H26N2. The summed E-state index contributed by atoms with van der Waals surface area (Å²) in [5.74, 6) is 0.575. The van der Waals surface area contributed by atoms with Crippen LogP contribution in [-0.2, 0) is 0 Å². The average Bonchev–Trinajstić information content (AvgIpc) is 3.76. The van der Waals surface area contributed by atoms with Gasteiger partial charge in [-0.2, -0.15) is 5.10 Å². The molecule has 1 aliphatic carbocycles. The summed E-state index contributed by atoms with van der Waals surface area (Å²) in [6, 6.07) is 46.0. The van der Waals surface area contributed by atoms with Crippen molar-refractivity contribution < 1.29 is 0 Å². The summed E-state index contributed by atoms with van der Waals surface area (Å²) in [6.07, 6.45) is 2.46. The molecule has 180 valence electrons. The SMILES string of the molecule is c1ccc(-c2cccc(-c3c(-c4cccc5ccccc45)nn4c(C5CC5)cc5ccccc5c34)c2)cc1. The fraction of sp³-hybridized carbons (Fsp3) is 0.0833. The molecule has 0 unspecified atom stereocenters. The molecule has 0 bridgehead atoms. The molecule has 2 aromatic heterocycles. The van der Waals surface area contributed by atoms with E-state index in [0.717, 1.165) is 5.69 Å². The number of fused-ring (bicyclic) bond motifs is 4. The second-order valence-electron chi connectivity index (χ2n) is 10.4. The predicted octanol–water partition coefficient (Wildman–Crippen LogP) is 9.52. The van der Waals surface area contributed by atoms with Gasteiger partial charge in [0.05, 0.1) is 5.52 Å². The highest BCUT2D eigenvalue weighted by molar-refractivity contribution is 6.10. The number of hydrogen-bond acceptors (Lipinski definition) is 1. The van der Waals surface area contributed by atoms with Crippen molar-refractivity contribution in [3.8, 4) is 33.5 Å². The molecule has 8 rings (SSSR count). The third kappa shape index (κ3) is 3.38. The lowest BCUT2D eigenvalue weighted by Crippen LogP contribution is -1.98. The van der Waals surface area contributed by atoms with Crippen LogP contribution in [0.3, 0.4) is 0 Å². The fourth-order valence-corrected chi connectivity index (χ4v) is 5.96. The third-order valence-electron chi connectivity index (χ3n) is 7.95. The topological polar surface area (TPSA) is 17.3 Å². The molecule has 38 heavy (non-hydrogen) atoms. The minimum absolute atomic E-state index is 0.575. The molecule has 0 saturated heterocycles. The van der Waals surface area contributed by atoms with Gasteiger partial charge in [-0.05, 0) is 57.8 Å². The van der Waals surface area contributed by atoms with E-state index in [1.54, 1.807) is 0 Å². The van der Waals surface area contributed by atoms with E-state index >= 15 is 0 Å². The molecular weight excluding hydrogens is 460 g/mol. The van der Waals surface area contributed by atoms with Gasteiger partial charge in [0.25, 0.3) is 0 Å². The van der Waals surface area contributed by atoms with Crippen LogP contribution < -0.4 is 0 Å². The zero-order valence-electron chi connectivity index (χ0n) is 21.0. The standard InChI is InChI=1S/C36H26N2/c1-2-10-24(11-3-1)27-15-8-16-29(22-27)34-35(32-19-9-14-25-12-4-6-17-30(25)32)37-38-33(26-20-21-26)23-28-13-5-7-18-31(28)36(34)38/h1-19,22-23,26H,20-21H2. The highest BCUT2D eigenvalue weighted by atomic mass is 15.2. The maximum Gasteiger partial charge on any atom is 0.102 e. The van der Waals surface area contributed by atoms with Gasteiger partial charge in [0, 0.05) is 28.1 Å². The number of aromatic nitrogens is 2. The molecule has 5 aromatic carbocycles. The van der Waals surface area contributed by atoms with Gasteiger partial charge in [-0.1, -0.05) is 115 Å². The molecule has 1 fully saturated rings. The molecule has 2 heteroatoms. The minimum Gasteiger partial charge on any atom is -0.236 e. The molecule has 0 spiro atoms. The van der Waals surface area contributed by atoms with Crippen molar-refractivity contribution in [1.29, 1.82) is 0 Å². The highest BCUT2D eigenvalue weighted by Crippen LogP contribution is 2.46. The van der Waals surface area contributed by atoms with Gasteiger partial charge in [-0.25, -0.2) is 4.52 Å². The molecule has 1 aliphatic rings. The van der Waals surface area contributed by atoms with Crippen LogP contribution in [0.15, 0.2) is 127 Å². The normalized spacial score (nSPS) is 13.5. The third-order valence-corrected chi connectivity index (χ3v) is 7.95. The lowest BCUT2D eigenvalue weighted by atomic mass is 9.93. The van der Waals surface area contributed by atoms with Gasteiger partial charge < -0.3 is 0 Å². The summed E-state index contributed by atoms with van der Waals surface area (Å²) in [6.45, 7) is 0. The Balaban J connectivity index is 1.52.